The molecular weight excluding hydrogens is 384 g/mol. The molecule has 2 aromatic heterocycles. The number of alkyl halides is 2. The molecule has 0 aliphatic heterocycles. The maximum Gasteiger partial charge on any atom is 0.387 e. The number of ether oxygens (including phenoxy) is 1. The zero-order valence-electron chi connectivity index (χ0n) is 14.5. The quantitative estimate of drug-likeness (QED) is 0.505. The van der Waals surface area contributed by atoms with Gasteiger partial charge in [-0.25, -0.2) is 4.98 Å². The molecule has 0 saturated carbocycles. The lowest BCUT2D eigenvalue weighted by atomic mass is 10.1. The van der Waals surface area contributed by atoms with Gasteiger partial charge in [-0.15, -0.1) is 11.3 Å². The largest absolute Gasteiger partial charge is 0.435 e. The van der Waals surface area contributed by atoms with Gasteiger partial charge < -0.3 is 10.1 Å². The summed E-state index contributed by atoms with van der Waals surface area (Å²) in [5, 5.41) is 4.80. The van der Waals surface area contributed by atoms with E-state index in [4.69, 9.17) is 0 Å². The van der Waals surface area contributed by atoms with Crippen molar-refractivity contribution in [3.63, 3.8) is 0 Å². The normalized spacial score (nSPS) is 11.1. The maximum absolute atomic E-state index is 12.2. The van der Waals surface area contributed by atoms with E-state index in [-0.39, 0.29) is 18.1 Å². The second-order valence-electron chi connectivity index (χ2n) is 6.04. The van der Waals surface area contributed by atoms with Gasteiger partial charge in [0.05, 0.1) is 12.1 Å². The molecule has 4 rings (SSSR count). The standard InChI is InChI=1S/C20H15F2N3O2S/c21-19(22)27-16-7-1-13(2-8-16)11-18(26)23-15-5-3-14(4-6-15)17-12-25-9-10-28-20(25)24-17/h1-10,12,19H,11H2,(H,23,26). The van der Waals surface area contributed by atoms with E-state index in [0.717, 1.165) is 16.2 Å². The second kappa shape index (κ2) is 7.77. The van der Waals surface area contributed by atoms with Crippen molar-refractivity contribution in [1.29, 1.82) is 0 Å². The number of carbonyl (C=O) groups excluding carboxylic acids is 1. The fourth-order valence-electron chi connectivity index (χ4n) is 2.77. The molecule has 1 amide bonds. The Morgan fingerprint density at radius 2 is 1.89 bits per heavy atom. The molecule has 0 spiro atoms. The number of nitrogens with zero attached hydrogens (tertiary/aromatic N) is 2. The summed E-state index contributed by atoms with van der Waals surface area (Å²) in [5.41, 5.74) is 3.21. The van der Waals surface area contributed by atoms with Crippen LogP contribution in [0.25, 0.3) is 16.2 Å². The van der Waals surface area contributed by atoms with Crippen molar-refractivity contribution < 1.29 is 18.3 Å². The Balaban J connectivity index is 1.37. The van der Waals surface area contributed by atoms with Crippen molar-refractivity contribution in [1.82, 2.24) is 9.38 Å². The molecule has 2 aromatic carbocycles. The summed E-state index contributed by atoms with van der Waals surface area (Å²) in [6.07, 6.45) is 4.05. The molecule has 5 nitrogen and oxygen atoms in total. The smallest absolute Gasteiger partial charge is 0.387 e. The van der Waals surface area contributed by atoms with Crippen LogP contribution >= 0.6 is 11.3 Å². The first-order valence-corrected chi connectivity index (χ1v) is 9.31. The van der Waals surface area contributed by atoms with Crippen LogP contribution in [0.4, 0.5) is 14.5 Å². The summed E-state index contributed by atoms with van der Waals surface area (Å²) >= 11 is 1.57. The number of carbonyl (C=O) groups is 1. The highest BCUT2D eigenvalue weighted by Gasteiger charge is 2.08. The number of aromatic nitrogens is 2. The molecule has 0 aliphatic rings. The predicted molar refractivity (Wildman–Crippen MR) is 104 cm³/mol. The molecule has 0 bridgehead atoms. The van der Waals surface area contributed by atoms with Crippen LogP contribution in [-0.4, -0.2) is 21.9 Å². The van der Waals surface area contributed by atoms with Gasteiger partial charge in [-0.3, -0.25) is 9.20 Å². The van der Waals surface area contributed by atoms with Gasteiger partial charge in [0, 0.05) is 29.0 Å². The lowest BCUT2D eigenvalue weighted by Crippen LogP contribution is -2.14. The minimum Gasteiger partial charge on any atom is -0.435 e. The van der Waals surface area contributed by atoms with Gasteiger partial charge >= 0.3 is 6.61 Å². The number of imidazole rings is 1. The van der Waals surface area contributed by atoms with Crippen LogP contribution in [0.5, 0.6) is 5.75 Å². The van der Waals surface area contributed by atoms with E-state index < -0.39 is 6.61 Å². The van der Waals surface area contributed by atoms with E-state index in [1.54, 1.807) is 23.5 Å². The van der Waals surface area contributed by atoms with Crippen molar-refractivity contribution in [2.45, 2.75) is 13.0 Å². The summed E-state index contributed by atoms with van der Waals surface area (Å²) in [6.45, 7) is -2.87. The van der Waals surface area contributed by atoms with Crippen LogP contribution < -0.4 is 10.1 Å². The Hall–Kier alpha value is -3.26. The minimum absolute atomic E-state index is 0.0638. The third-order valence-corrected chi connectivity index (χ3v) is 4.84. The first-order valence-electron chi connectivity index (χ1n) is 8.43. The second-order valence-corrected chi connectivity index (χ2v) is 6.92. The number of fused-ring (bicyclic) bond motifs is 1. The molecule has 4 aromatic rings. The van der Waals surface area contributed by atoms with E-state index in [9.17, 15) is 13.6 Å². The number of hydrogen-bond donors (Lipinski definition) is 1. The summed E-state index contributed by atoms with van der Waals surface area (Å²) in [6, 6.07) is 13.5. The van der Waals surface area contributed by atoms with E-state index >= 15 is 0 Å². The summed E-state index contributed by atoms with van der Waals surface area (Å²) in [4.78, 5) is 17.7. The Labute approximate surface area is 163 Å². The lowest BCUT2D eigenvalue weighted by molar-refractivity contribution is -0.115. The number of nitrogens with one attached hydrogen (secondary N) is 1. The number of amides is 1. The SMILES string of the molecule is O=C(Cc1ccc(OC(F)F)cc1)Nc1ccc(-c2cn3ccsc3n2)cc1. The van der Waals surface area contributed by atoms with Crippen molar-refractivity contribution in [3.8, 4) is 17.0 Å². The van der Waals surface area contributed by atoms with Crippen molar-refractivity contribution in [2.24, 2.45) is 0 Å². The molecular formula is C20H15F2N3O2S. The van der Waals surface area contributed by atoms with Gasteiger partial charge in [0.25, 0.3) is 0 Å². The van der Waals surface area contributed by atoms with Gasteiger partial charge in [0.2, 0.25) is 5.91 Å². The van der Waals surface area contributed by atoms with Crippen LogP contribution in [-0.2, 0) is 11.2 Å². The molecule has 28 heavy (non-hydrogen) atoms. The highest BCUT2D eigenvalue weighted by atomic mass is 32.1. The van der Waals surface area contributed by atoms with E-state index in [1.807, 2.05) is 46.4 Å². The maximum atomic E-state index is 12.2. The van der Waals surface area contributed by atoms with Crippen molar-refractivity contribution in [2.75, 3.05) is 5.32 Å². The highest BCUT2D eigenvalue weighted by molar-refractivity contribution is 7.15. The Kier molecular flexibility index (Phi) is 5.03. The van der Waals surface area contributed by atoms with Crippen molar-refractivity contribution >= 4 is 27.9 Å². The lowest BCUT2D eigenvalue weighted by Gasteiger charge is -2.07. The van der Waals surface area contributed by atoms with Crippen LogP contribution in [0.15, 0.2) is 66.3 Å². The zero-order chi connectivity index (χ0) is 19.5. The number of halogens is 2. The predicted octanol–water partition coefficient (Wildman–Crippen LogP) is 4.85. The van der Waals surface area contributed by atoms with Crippen LogP contribution in [0.2, 0.25) is 0 Å². The van der Waals surface area contributed by atoms with Gasteiger partial charge in [-0.1, -0.05) is 24.3 Å². The number of thiazole rings is 1. The third kappa shape index (κ3) is 4.17. The molecule has 0 fully saturated rings. The van der Waals surface area contributed by atoms with Crippen molar-refractivity contribution in [3.05, 3.63) is 71.9 Å². The van der Waals surface area contributed by atoms with Gasteiger partial charge in [-0.05, 0) is 29.8 Å². The third-order valence-electron chi connectivity index (χ3n) is 4.07. The summed E-state index contributed by atoms with van der Waals surface area (Å²) in [7, 11) is 0. The Morgan fingerprint density at radius 1 is 1.14 bits per heavy atom. The highest BCUT2D eigenvalue weighted by Crippen LogP contribution is 2.23. The summed E-state index contributed by atoms with van der Waals surface area (Å²) < 4.78 is 30.6. The van der Waals surface area contributed by atoms with Gasteiger partial charge in [-0.2, -0.15) is 8.78 Å². The van der Waals surface area contributed by atoms with E-state index in [2.05, 4.69) is 15.0 Å². The minimum atomic E-state index is -2.87. The van der Waals surface area contributed by atoms with Crippen LogP contribution in [0.1, 0.15) is 5.56 Å². The molecule has 0 unspecified atom stereocenters. The van der Waals surface area contributed by atoms with Crippen LogP contribution in [0.3, 0.4) is 0 Å². The Morgan fingerprint density at radius 3 is 2.57 bits per heavy atom. The number of anilines is 1. The van der Waals surface area contributed by atoms with E-state index in [0.29, 0.717) is 11.3 Å². The fraction of sp³-hybridized carbons (Fsp3) is 0.100. The number of rotatable bonds is 6. The first-order chi connectivity index (χ1) is 13.6. The molecule has 1 N–H and O–H groups in total. The first kappa shape index (κ1) is 18.1. The van der Waals surface area contributed by atoms with Gasteiger partial charge in [0.1, 0.15) is 5.75 Å². The number of hydrogen-bond acceptors (Lipinski definition) is 4. The van der Waals surface area contributed by atoms with Crippen LogP contribution in [0, 0.1) is 0 Å². The molecule has 8 heteroatoms. The topological polar surface area (TPSA) is 55.6 Å². The van der Waals surface area contributed by atoms with Gasteiger partial charge in [0.15, 0.2) is 4.96 Å². The molecule has 142 valence electrons. The average molecular weight is 399 g/mol. The summed E-state index contributed by atoms with van der Waals surface area (Å²) in [5.74, 6) is -0.133. The Bertz CT molecular complexity index is 1060. The molecule has 2 heterocycles. The zero-order valence-corrected chi connectivity index (χ0v) is 15.3. The number of benzene rings is 2. The molecule has 0 saturated heterocycles. The molecule has 0 radical (unpaired) electrons. The molecule has 0 atom stereocenters. The van der Waals surface area contributed by atoms with E-state index in [1.165, 1.54) is 12.1 Å². The molecule has 0 aliphatic carbocycles. The fourth-order valence-corrected chi connectivity index (χ4v) is 3.47. The monoisotopic (exact) mass is 399 g/mol. The average Bonchev–Trinajstić information content (AvgIpc) is 3.25.